The first-order valence-electron chi connectivity index (χ1n) is 8.51. The van der Waals surface area contributed by atoms with Crippen molar-refractivity contribution in [2.45, 2.75) is 43.8 Å². The van der Waals surface area contributed by atoms with Gasteiger partial charge in [-0.1, -0.05) is 30.3 Å². The van der Waals surface area contributed by atoms with Crippen LogP contribution >= 0.6 is 0 Å². The zero-order valence-electron chi connectivity index (χ0n) is 12.7. The maximum Gasteiger partial charge on any atom is 0.0622 e. The third-order valence-electron chi connectivity index (χ3n) is 5.37. The fourth-order valence-electron chi connectivity index (χ4n) is 3.97. The molecule has 3 atom stereocenters. The quantitative estimate of drug-likeness (QED) is 0.917. The lowest BCUT2D eigenvalue weighted by Crippen LogP contribution is -2.60. The molecule has 2 aliphatic heterocycles. The number of rotatable bonds is 4. The number of nitrogens with zero attached hydrogens (tertiary/aromatic N) is 1. The van der Waals surface area contributed by atoms with Gasteiger partial charge in [-0.05, 0) is 37.2 Å². The molecule has 4 rings (SSSR count). The zero-order chi connectivity index (χ0) is 14.1. The van der Waals surface area contributed by atoms with E-state index >= 15 is 0 Å². The normalized spacial score (nSPS) is 34.2. The molecule has 1 aliphatic carbocycles. The molecule has 3 nitrogen and oxygen atoms in total. The summed E-state index contributed by atoms with van der Waals surface area (Å²) in [5.74, 6) is 0.937. The third-order valence-corrected chi connectivity index (χ3v) is 5.37. The number of hydrogen-bond acceptors (Lipinski definition) is 3. The predicted octanol–water partition coefficient (Wildman–Crippen LogP) is 2.07. The lowest BCUT2D eigenvalue weighted by Gasteiger charge is -2.43. The molecule has 3 unspecified atom stereocenters. The van der Waals surface area contributed by atoms with Crippen molar-refractivity contribution < 1.29 is 4.74 Å². The highest BCUT2D eigenvalue weighted by atomic mass is 16.5. The molecule has 3 aliphatic rings. The van der Waals surface area contributed by atoms with Crippen LogP contribution in [0, 0.1) is 5.92 Å². The summed E-state index contributed by atoms with van der Waals surface area (Å²) in [7, 11) is 0. The highest BCUT2D eigenvalue weighted by Gasteiger charge is 2.40. The molecular formula is C18H26N2O. The Morgan fingerprint density at radius 1 is 1.14 bits per heavy atom. The summed E-state index contributed by atoms with van der Waals surface area (Å²) in [6.07, 6.45) is 5.22. The molecule has 2 heterocycles. The number of piperazine rings is 1. The molecule has 0 radical (unpaired) electrons. The highest BCUT2D eigenvalue weighted by Crippen LogP contribution is 2.35. The van der Waals surface area contributed by atoms with E-state index in [2.05, 4.69) is 40.5 Å². The molecule has 1 saturated carbocycles. The van der Waals surface area contributed by atoms with E-state index in [4.69, 9.17) is 4.74 Å². The summed E-state index contributed by atoms with van der Waals surface area (Å²) in [6, 6.07) is 12.9. The van der Waals surface area contributed by atoms with Crippen molar-refractivity contribution in [3.05, 3.63) is 35.9 Å². The van der Waals surface area contributed by atoms with Crippen LogP contribution in [0.2, 0.25) is 0 Å². The van der Waals surface area contributed by atoms with E-state index in [9.17, 15) is 0 Å². The lowest BCUT2D eigenvalue weighted by molar-refractivity contribution is 0.0652. The molecule has 3 fully saturated rings. The zero-order valence-corrected chi connectivity index (χ0v) is 12.7. The van der Waals surface area contributed by atoms with Crippen LogP contribution in [0.15, 0.2) is 30.3 Å². The van der Waals surface area contributed by atoms with Gasteiger partial charge in [0.1, 0.15) is 0 Å². The molecule has 1 aromatic carbocycles. The van der Waals surface area contributed by atoms with Gasteiger partial charge in [0.25, 0.3) is 0 Å². The van der Waals surface area contributed by atoms with Crippen LogP contribution in [0.25, 0.3) is 0 Å². The summed E-state index contributed by atoms with van der Waals surface area (Å²) in [5, 5.41) is 3.82. The Bertz CT molecular complexity index is 454. The lowest BCUT2D eigenvalue weighted by atomic mass is 9.97. The van der Waals surface area contributed by atoms with Crippen molar-refractivity contribution >= 4 is 0 Å². The van der Waals surface area contributed by atoms with E-state index in [1.54, 1.807) is 0 Å². The minimum absolute atomic E-state index is 0.620. The van der Waals surface area contributed by atoms with Crippen LogP contribution in [0.5, 0.6) is 0 Å². The van der Waals surface area contributed by atoms with Crippen LogP contribution < -0.4 is 5.32 Å². The van der Waals surface area contributed by atoms with E-state index in [1.165, 1.54) is 31.4 Å². The SMILES string of the molecule is c1ccc(CC2CNC(C3CC3)CN2C2CCOC2)cc1. The van der Waals surface area contributed by atoms with E-state index in [0.29, 0.717) is 12.1 Å². The van der Waals surface area contributed by atoms with Crippen molar-refractivity contribution in [1.29, 1.82) is 0 Å². The van der Waals surface area contributed by atoms with Crippen LogP contribution in [0.3, 0.4) is 0 Å². The van der Waals surface area contributed by atoms with Gasteiger partial charge in [0.15, 0.2) is 0 Å². The third kappa shape index (κ3) is 3.15. The Morgan fingerprint density at radius 3 is 2.71 bits per heavy atom. The number of benzene rings is 1. The summed E-state index contributed by atoms with van der Waals surface area (Å²) < 4.78 is 5.66. The van der Waals surface area contributed by atoms with Gasteiger partial charge in [-0.2, -0.15) is 0 Å². The summed E-state index contributed by atoms with van der Waals surface area (Å²) in [5.41, 5.74) is 1.46. The predicted molar refractivity (Wildman–Crippen MR) is 84.4 cm³/mol. The Morgan fingerprint density at radius 2 is 2.00 bits per heavy atom. The maximum atomic E-state index is 5.66. The smallest absolute Gasteiger partial charge is 0.0622 e. The van der Waals surface area contributed by atoms with E-state index in [-0.39, 0.29) is 0 Å². The van der Waals surface area contributed by atoms with Crippen molar-refractivity contribution in [3.63, 3.8) is 0 Å². The van der Waals surface area contributed by atoms with Crippen LogP contribution in [-0.4, -0.2) is 49.3 Å². The van der Waals surface area contributed by atoms with Gasteiger partial charge in [-0.25, -0.2) is 0 Å². The Kier molecular flexibility index (Phi) is 3.97. The van der Waals surface area contributed by atoms with E-state index in [1.807, 2.05) is 0 Å². The van der Waals surface area contributed by atoms with Crippen LogP contribution in [0.4, 0.5) is 0 Å². The van der Waals surface area contributed by atoms with E-state index < -0.39 is 0 Å². The molecule has 2 saturated heterocycles. The minimum Gasteiger partial charge on any atom is -0.380 e. The second-order valence-corrected chi connectivity index (χ2v) is 6.91. The maximum absolute atomic E-state index is 5.66. The summed E-state index contributed by atoms with van der Waals surface area (Å²) in [4.78, 5) is 2.76. The second-order valence-electron chi connectivity index (χ2n) is 6.91. The van der Waals surface area contributed by atoms with Gasteiger partial charge >= 0.3 is 0 Å². The summed E-state index contributed by atoms with van der Waals surface area (Å²) in [6.45, 7) is 4.23. The molecule has 0 bridgehead atoms. The molecule has 0 aromatic heterocycles. The standard InChI is InChI=1S/C18H26N2O/c1-2-4-14(5-3-1)10-17-11-19-18(15-6-7-15)12-20(17)16-8-9-21-13-16/h1-5,15-19H,6-13H2. The molecule has 1 N–H and O–H groups in total. The summed E-state index contributed by atoms with van der Waals surface area (Å²) >= 11 is 0. The van der Waals surface area contributed by atoms with Crippen molar-refractivity contribution in [3.8, 4) is 0 Å². The van der Waals surface area contributed by atoms with Gasteiger partial charge in [0.2, 0.25) is 0 Å². The molecule has 21 heavy (non-hydrogen) atoms. The fourth-order valence-corrected chi connectivity index (χ4v) is 3.97. The fraction of sp³-hybridized carbons (Fsp3) is 0.667. The minimum atomic E-state index is 0.620. The highest BCUT2D eigenvalue weighted by molar-refractivity contribution is 5.16. The first kappa shape index (κ1) is 13.7. The molecule has 0 amide bonds. The number of nitrogens with one attached hydrogen (secondary N) is 1. The van der Waals surface area contributed by atoms with Crippen molar-refractivity contribution in [1.82, 2.24) is 10.2 Å². The largest absolute Gasteiger partial charge is 0.380 e. The van der Waals surface area contributed by atoms with Gasteiger partial charge in [-0.3, -0.25) is 4.90 Å². The van der Waals surface area contributed by atoms with Gasteiger partial charge in [0, 0.05) is 37.8 Å². The number of ether oxygens (including phenoxy) is 1. The van der Waals surface area contributed by atoms with Gasteiger partial charge < -0.3 is 10.1 Å². The second kappa shape index (κ2) is 6.07. The Hall–Kier alpha value is -0.900. The molecule has 0 spiro atoms. The first-order chi connectivity index (χ1) is 10.4. The molecule has 1 aromatic rings. The van der Waals surface area contributed by atoms with E-state index in [0.717, 1.165) is 38.1 Å². The topological polar surface area (TPSA) is 24.5 Å². The molecular weight excluding hydrogens is 260 g/mol. The molecule has 114 valence electrons. The van der Waals surface area contributed by atoms with Crippen LogP contribution in [-0.2, 0) is 11.2 Å². The molecule has 3 heteroatoms. The number of hydrogen-bond donors (Lipinski definition) is 1. The van der Waals surface area contributed by atoms with Crippen LogP contribution in [0.1, 0.15) is 24.8 Å². The monoisotopic (exact) mass is 286 g/mol. The van der Waals surface area contributed by atoms with Crippen molar-refractivity contribution in [2.75, 3.05) is 26.3 Å². The van der Waals surface area contributed by atoms with Gasteiger partial charge in [0.05, 0.1) is 6.61 Å². The average Bonchev–Trinajstić information content (AvgIpc) is 3.23. The first-order valence-corrected chi connectivity index (χ1v) is 8.51. The average molecular weight is 286 g/mol. The Balaban J connectivity index is 1.47. The van der Waals surface area contributed by atoms with Gasteiger partial charge in [-0.15, -0.1) is 0 Å². The van der Waals surface area contributed by atoms with Crippen molar-refractivity contribution in [2.24, 2.45) is 5.92 Å². The Labute approximate surface area is 127 Å².